The molecule has 3 rings (SSSR count). The number of nitrogens with zero attached hydrogens (tertiary/aromatic N) is 3. The molecule has 2 aliphatic rings. The molecular weight excluding hydrogens is 334 g/mol. The lowest BCUT2D eigenvalue weighted by Gasteiger charge is -2.34. The molecule has 1 heterocycles. The first-order valence-corrected chi connectivity index (χ1v) is 9.28. The number of amides is 1. The lowest BCUT2D eigenvalue weighted by Crippen LogP contribution is -2.51. The molecule has 1 saturated carbocycles. The molecule has 24 heavy (non-hydrogen) atoms. The van der Waals surface area contributed by atoms with E-state index in [2.05, 4.69) is 0 Å². The van der Waals surface area contributed by atoms with Crippen LogP contribution in [0.15, 0.2) is 29.2 Å². The average molecular weight is 353 g/mol. The van der Waals surface area contributed by atoms with Gasteiger partial charge in [-0.1, -0.05) is 6.92 Å². The fraction of sp³-hybridized carbons (Fsp3) is 0.533. The van der Waals surface area contributed by atoms with E-state index in [1.807, 2.05) is 6.92 Å². The summed E-state index contributed by atoms with van der Waals surface area (Å²) in [6, 6.07) is 4.86. The van der Waals surface area contributed by atoms with Crippen molar-refractivity contribution in [2.45, 2.75) is 18.2 Å². The van der Waals surface area contributed by atoms with E-state index in [0.717, 1.165) is 6.42 Å². The van der Waals surface area contributed by atoms with Gasteiger partial charge in [0.2, 0.25) is 15.9 Å². The second-order valence-electron chi connectivity index (χ2n) is 6.30. The van der Waals surface area contributed by atoms with Gasteiger partial charge < -0.3 is 4.90 Å². The minimum atomic E-state index is -3.70. The highest BCUT2D eigenvalue weighted by molar-refractivity contribution is 7.89. The second kappa shape index (κ2) is 6.14. The number of nitro groups is 1. The molecule has 0 N–H and O–H groups in total. The lowest BCUT2D eigenvalue weighted by molar-refractivity contribution is -0.384. The minimum Gasteiger partial charge on any atom is -0.340 e. The summed E-state index contributed by atoms with van der Waals surface area (Å²) in [5.74, 6) is 0.650. The normalized spacial score (nSPS) is 24.6. The van der Waals surface area contributed by atoms with Gasteiger partial charge in [-0.15, -0.1) is 0 Å². The third-order valence-corrected chi connectivity index (χ3v) is 6.58. The largest absolute Gasteiger partial charge is 0.340 e. The van der Waals surface area contributed by atoms with Crippen LogP contribution >= 0.6 is 0 Å². The molecule has 130 valence electrons. The molecule has 1 aromatic carbocycles. The molecule has 1 aromatic rings. The van der Waals surface area contributed by atoms with Gasteiger partial charge >= 0.3 is 0 Å². The van der Waals surface area contributed by atoms with Gasteiger partial charge in [0.1, 0.15) is 0 Å². The summed E-state index contributed by atoms with van der Waals surface area (Å²) in [7, 11) is -3.70. The second-order valence-corrected chi connectivity index (χ2v) is 8.24. The molecule has 0 spiro atoms. The van der Waals surface area contributed by atoms with Crippen LogP contribution in [0.1, 0.15) is 13.3 Å². The maximum Gasteiger partial charge on any atom is 0.269 e. The minimum absolute atomic E-state index is 0.0312. The summed E-state index contributed by atoms with van der Waals surface area (Å²) in [5.41, 5.74) is -0.150. The van der Waals surface area contributed by atoms with Crippen LogP contribution in [0.2, 0.25) is 0 Å². The monoisotopic (exact) mass is 353 g/mol. The average Bonchev–Trinajstić information content (AvgIpc) is 3.31. The smallest absolute Gasteiger partial charge is 0.269 e. The van der Waals surface area contributed by atoms with Crippen molar-refractivity contribution in [3.63, 3.8) is 0 Å². The van der Waals surface area contributed by atoms with E-state index in [-0.39, 0.29) is 35.5 Å². The summed E-state index contributed by atoms with van der Waals surface area (Å²) >= 11 is 0. The van der Waals surface area contributed by atoms with E-state index in [0.29, 0.717) is 19.0 Å². The highest BCUT2D eigenvalue weighted by Gasteiger charge is 2.42. The van der Waals surface area contributed by atoms with Crippen LogP contribution in [0, 0.1) is 22.0 Å². The van der Waals surface area contributed by atoms with Crippen molar-refractivity contribution in [3.8, 4) is 0 Å². The first-order chi connectivity index (χ1) is 11.3. The highest BCUT2D eigenvalue weighted by atomic mass is 32.2. The lowest BCUT2D eigenvalue weighted by atomic mass is 10.2. The number of sulfonamides is 1. The van der Waals surface area contributed by atoms with Gasteiger partial charge in [0.15, 0.2) is 0 Å². The van der Waals surface area contributed by atoms with E-state index in [1.54, 1.807) is 4.90 Å². The Kier molecular flexibility index (Phi) is 4.31. The van der Waals surface area contributed by atoms with Gasteiger partial charge in [-0.25, -0.2) is 8.42 Å². The summed E-state index contributed by atoms with van der Waals surface area (Å²) in [6.45, 7) is 3.29. The summed E-state index contributed by atoms with van der Waals surface area (Å²) in [5, 5.41) is 10.7. The van der Waals surface area contributed by atoms with Crippen LogP contribution in [0.4, 0.5) is 5.69 Å². The molecule has 1 aliphatic carbocycles. The first kappa shape index (κ1) is 16.8. The van der Waals surface area contributed by atoms with Crippen LogP contribution in [-0.2, 0) is 14.8 Å². The van der Waals surface area contributed by atoms with Crippen molar-refractivity contribution in [2.75, 3.05) is 26.2 Å². The molecule has 9 heteroatoms. The molecule has 0 bridgehead atoms. The third-order valence-electron chi connectivity index (χ3n) is 4.66. The number of hydrogen-bond donors (Lipinski definition) is 0. The van der Waals surface area contributed by atoms with Crippen LogP contribution < -0.4 is 0 Å². The van der Waals surface area contributed by atoms with Gasteiger partial charge in [0, 0.05) is 44.2 Å². The van der Waals surface area contributed by atoms with E-state index in [4.69, 9.17) is 0 Å². The standard InChI is InChI=1S/C15H19N3O5S/c1-11-10-14(11)15(19)16-6-8-17(9-7-16)24(22,23)13-4-2-12(3-5-13)18(20)21/h2-5,11,14H,6-10H2,1H3/t11-,14-/m1/s1. The molecule has 0 aromatic heterocycles. The quantitative estimate of drug-likeness (QED) is 0.595. The van der Waals surface area contributed by atoms with Crippen LogP contribution in [0.3, 0.4) is 0 Å². The topological polar surface area (TPSA) is 101 Å². The van der Waals surface area contributed by atoms with E-state index < -0.39 is 14.9 Å². The molecule has 1 saturated heterocycles. The Morgan fingerprint density at radius 3 is 2.17 bits per heavy atom. The van der Waals surface area contributed by atoms with E-state index in [9.17, 15) is 23.3 Å². The number of carbonyl (C=O) groups excluding carboxylic acids is 1. The van der Waals surface area contributed by atoms with Crippen LogP contribution in [-0.4, -0.2) is 54.6 Å². The van der Waals surface area contributed by atoms with Gasteiger partial charge in [-0.05, 0) is 24.5 Å². The van der Waals surface area contributed by atoms with Gasteiger partial charge in [0.25, 0.3) is 5.69 Å². The highest BCUT2D eigenvalue weighted by Crippen LogP contribution is 2.39. The van der Waals surface area contributed by atoms with Crippen molar-refractivity contribution >= 4 is 21.6 Å². The summed E-state index contributed by atoms with van der Waals surface area (Å²) < 4.78 is 26.5. The molecule has 0 unspecified atom stereocenters. The number of rotatable bonds is 4. The SMILES string of the molecule is C[C@@H]1C[C@H]1C(=O)N1CCN(S(=O)(=O)c2ccc([N+](=O)[O-])cc2)CC1. The molecule has 8 nitrogen and oxygen atoms in total. The summed E-state index contributed by atoms with van der Waals surface area (Å²) in [4.78, 5) is 24.0. The fourth-order valence-corrected chi connectivity index (χ4v) is 4.36. The number of piperazine rings is 1. The van der Waals surface area contributed by atoms with Gasteiger partial charge in [-0.3, -0.25) is 14.9 Å². The Hall–Kier alpha value is -2.00. The van der Waals surface area contributed by atoms with Crippen LogP contribution in [0.25, 0.3) is 0 Å². The maximum absolute atomic E-state index is 12.6. The Bertz CT molecular complexity index is 754. The van der Waals surface area contributed by atoms with Gasteiger partial charge in [0.05, 0.1) is 9.82 Å². The molecule has 2 fully saturated rings. The van der Waals surface area contributed by atoms with Crippen molar-refractivity contribution < 1.29 is 18.1 Å². The van der Waals surface area contributed by atoms with E-state index in [1.165, 1.54) is 28.6 Å². The molecule has 1 amide bonds. The number of non-ortho nitro benzene ring substituents is 1. The predicted octanol–water partition coefficient (Wildman–Crippen LogP) is 1.08. The molecule has 0 radical (unpaired) electrons. The molecule has 1 aliphatic heterocycles. The summed E-state index contributed by atoms with van der Waals surface area (Å²) in [6.07, 6.45) is 0.917. The Labute approximate surface area is 140 Å². The van der Waals surface area contributed by atoms with Crippen molar-refractivity contribution in [1.29, 1.82) is 0 Å². The van der Waals surface area contributed by atoms with E-state index >= 15 is 0 Å². The number of nitro benzene ring substituents is 1. The zero-order valence-electron chi connectivity index (χ0n) is 13.3. The molecule has 2 atom stereocenters. The Morgan fingerprint density at radius 2 is 1.71 bits per heavy atom. The van der Waals surface area contributed by atoms with Crippen molar-refractivity contribution in [2.24, 2.45) is 11.8 Å². The zero-order chi connectivity index (χ0) is 17.5. The first-order valence-electron chi connectivity index (χ1n) is 7.84. The number of hydrogen-bond acceptors (Lipinski definition) is 5. The molecular formula is C15H19N3O5S. The van der Waals surface area contributed by atoms with Crippen molar-refractivity contribution in [1.82, 2.24) is 9.21 Å². The third kappa shape index (κ3) is 3.13. The predicted molar refractivity (Wildman–Crippen MR) is 85.7 cm³/mol. The van der Waals surface area contributed by atoms with Crippen LogP contribution in [0.5, 0.6) is 0 Å². The fourth-order valence-electron chi connectivity index (χ4n) is 2.94. The number of benzene rings is 1. The van der Waals surface area contributed by atoms with Crippen molar-refractivity contribution in [3.05, 3.63) is 34.4 Å². The zero-order valence-corrected chi connectivity index (χ0v) is 14.1. The maximum atomic E-state index is 12.6. The number of carbonyl (C=O) groups is 1. The Balaban J connectivity index is 1.66. The Morgan fingerprint density at radius 1 is 1.17 bits per heavy atom. The van der Waals surface area contributed by atoms with Gasteiger partial charge in [-0.2, -0.15) is 4.31 Å².